The molecule has 4 nitrogen and oxygen atoms in total. The maximum Gasteiger partial charge on any atom is 0.337 e. The number of carboxylic acids is 1. The fourth-order valence-electron chi connectivity index (χ4n) is 1.57. The molecule has 0 aliphatic heterocycles. The minimum absolute atomic E-state index is 0.0302. The summed E-state index contributed by atoms with van der Waals surface area (Å²) in [5.41, 5.74) is 0.834. The van der Waals surface area contributed by atoms with Gasteiger partial charge in [0.1, 0.15) is 5.01 Å². The number of carboxylic acid groups (broad SMARTS) is 1. The van der Waals surface area contributed by atoms with Crippen LogP contribution in [0.3, 0.4) is 0 Å². The number of rotatable bonds is 4. The van der Waals surface area contributed by atoms with E-state index >= 15 is 0 Å². The molecule has 0 aliphatic carbocycles. The van der Waals surface area contributed by atoms with Gasteiger partial charge in [-0.15, -0.1) is 11.3 Å². The number of benzene rings is 1. The number of hydrogen-bond donors (Lipinski definition) is 2. The van der Waals surface area contributed by atoms with Crippen LogP contribution in [0.25, 0.3) is 0 Å². The molecule has 1 heterocycles. The summed E-state index contributed by atoms with van der Waals surface area (Å²) in [5, 5.41) is 15.1. The molecule has 18 heavy (non-hydrogen) atoms. The number of carbonyl (C=O) groups is 1. The van der Waals surface area contributed by atoms with Crippen LogP contribution in [0.5, 0.6) is 0 Å². The second-order valence-corrected chi connectivity index (χ2v) is 5.57. The summed E-state index contributed by atoms with van der Waals surface area (Å²) in [5.74, 6) is -0.948. The first-order valence-corrected chi connectivity index (χ1v) is 6.94. The smallest absolute Gasteiger partial charge is 0.337 e. The van der Waals surface area contributed by atoms with Gasteiger partial charge in [0.25, 0.3) is 0 Å². The largest absolute Gasteiger partial charge is 0.478 e. The summed E-state index contributed by atoms with van der Waals surface area (Å²) in [4.78, 5) is 15.3. The first kappa shape index (κ1) is 13.0. The Labute approximate surface area is 117 Å². The third kappa shape index (κ3) is 2.88. The van der Waals surface area contributed by atoms with Crippen LogP contribution in [-0.4, -0.2) is 16.1 Å². The van der Waals surface area contributed by atoms with Gasteiger partial charge in [-0.05, 0) is 25.1 Å². The van der Waals surface area contributed by atoms with E-state index in [0.29, 0.717) is 5.69 Å². The highest BCUT2D eigenvalue weighted by molar-refractivity contribution is 9.10. The lowest BCUT2D eigenvalue weighted by Crippen LogP contribution is -2.10. The van der Waals surface area contributed by atoms with E-state index in [1.807, 2.05) is 12.3 Å². The molecule has 0 aliphatic rings. The third-order valence-corrected chi connectivity index (χ3v) is 3.86. The minimum atomic E-state index is -0.948. The maximum atomic E-state index is 11.1. The second kappa shape index (κ2) is 5.49. The molecule has 6 heteroatoms. The molecule has 2 rings (SSSR count). The van der Waals surface area contributed by atoms with Crippen molar-refractivity contribution in [3.8, 4) is 0 Å². The van der Waals surface area contributed by atoms with Crippen molar-refractivity contribution in [1.82, 2.24) is 4.98 Å². The van der Waals surface area contributed by atoms with Crippen LogP contribution in [0.1, 0.15) is 28.3 Å². The van der Waals surface area contributed by atoms with E-state index in [-0.39, 0.29) is 11.6 Å². The van der Waals surface area contributed by atoms with E-state index in [1.165, 1.54) is 11.3 Å². The average molecular weight is 327 g/mol. The molecule has 2 aromatic rings. The maximum absolute atomic E-state index is 11.1. The predicted molar refractivity (Wildman–Crippen MR) is 75.3 cm³/mol. The average Bonchev–Trinajstić information content (AvgIpc) is 2.81. The molecule has 0 fully saturated rings. The number of aromatic nitrogens is 1. The highest BCUT2D eigenvalue weighted by atomic mass is 79.9. The molecule has 0 spiro atoms. The lowest BCUT2D eigenvalue weighted by Gasteiger charge is -2.15. The Bertz CT molecular complexity index is 557. The lowest BCUT2D eigenvalue weighted by atomic mass is 10.1. The molecule has 2 N–H and O–H groups in total. The Morgan fingerprint density at radius 1 is 1.56 bits per heavy atom. The molecule has 0 amide bonds. The number of thiazole rings is 1. The van der Waals surface area contributed by atoms with E-state index in [1.54, 1.807) is 24.4 Å². The van der Waals surface area contributed by atoms with Crippen LogP contribution in [-0.2, 0) is 0 Å². The van der Waals surface area contributed by atoms with E-state index < -0.39 is 5.97 Å². The third-order valence-electron chi connectivity index (χ3n) is 2.41. The van der Waals surface area contributed by atoms with Crippen molar-refractivity contribution in [2.45, 2.75) is 13.0 Å². The Balaban J connectivity index is 2.28. The van der Waals surface area contributed by atoms with Gasteiger partial charge in [0.2, 0.25) is 0 Å². The number of nitrogens with zero attached hydrogens (tertiary/aromatic N) is 1. The molecule has 0 bridgehead atoms. The quantitative estimate of drug-likeness (QED) is 0.897. The predicted octanol–water partition coefficient (Wildman–Crippen LogP) is 3.78. The normalized spacial score (nSPS) is 12.1. The molecule has 94 valence electrons. The van der Waals surface area contributed by atoms with Crippen molar-refractivity contribution in [3.05, 3.63) is 44.8 Å². The molecule has 1 atom stereocenters. The Kier molecular flexibility index (Phi) is 3.98. The van der Waals surface area contributed by atoms with Gasteiger partial charge in [0.05, 0.1) is 17.3 Å². The van der Waals surface area contributed by atoms with E-state index in [4.69, 9.17) is 5.11 Å². The van der Waals surface area contributed by atoms with Crippen molar-refractivity contribution >= 4 is 38.9 Å². The van der Waals surface area contributed by atoms with Crippen LogP contribution >= 0.6 is 27.3 Å². The van der Waals surface area contributed by atoms with Gasteiger partial charge < -0.3 is 10.4 Å². The van der Waals surface area contributed by atoms with Crippen molar-refractivity contribution in [3.63, 3.8) is 0 Å². The number of anilines is 1. The van der Waals surface area contributed by atoms with Crippen molar-refractivity contribution < 1.29 is 9.90 Å². The zero-order valence-electron chi connectivity index (χ0n) is 9.55. The SMILES string of the molecule is CC(Nc1cc(Br)ccc1C(=O)O)c1nccs1. The van der Waals surface area contributed by atoms with Crippen LogP contribution in [0, 0.1) is 0 Å². The summed E-state index contributed by atoms with van der Waals surface area (Å²) >= 11 is 4.87. The topological polar surface area (TPSA) is 62.2 Å². The monoisotopic (exact) mass is 326 g/mol. The number of aromatic carboxylic acids is 1. The van der Waals surface area contributed by atoms with Gasteiger partial charge >= 0.3 is 5.97 Å². The van der Waals surface area contributed by atoms with Crippen LogP contribution < -0.4 is 5.32 Å². The van der Waals surface area contributed by atoms with Crippen LogP contribution in [0.4, 0.5) is 5.69 Å². The van der Waals surface area contributed by atoms with Crippen molar-refractivity contribution in [2.24, 2.45) is 0 Å². The highest BCUT2D eigenvalue weighted by Crippen LogP contribution is 2.26. The summed E-state index contributed by atoms with van der Waals surface area (Å²) in [7, 11) is 0. The fraction of sp³-hybridized carbons (Fsp3) is 0.167. The van der Waals surface area contributed by atoms with Crippen LogP contribution in [0.15, 0.2) is 34.2 Å². The molecule has 1 aromatic carbocycles. The molecular formula is C12H11BrN2O2S. The van der Waals surface area contributed by atoms with Gasteiger partial charge in [-0.3, -0.25) is 0 Å². The van der Waals surface area contributed by atoms with E-state index in [0.717, 1.165) is 9.48 Å². The molecule has 0 saturated heterocycles. The first-order valence-electron chi connectivity index (χ1n) is 5.26. The minimum Gasteiger partial charge on any atom is -0.478 e. The van der Waals surface area contributed by atoms with Gasteiger partial charge in [0.15, 0.2) is 0 Å². The summed E-state index contributed by atoms with van der Waals surface area (Å²) < 4.78 is 0.835. The number of nitrogens with one attached hydrogen (secondary N) is 1. The zero-order valence-corrected chi connectivity index (χ0v) is 12.0. The Hall–Kier alpha value is -1.40. The van der Waals surface area contributed by atoms with Gasteiger partial charge in [-0.2, -0.15) is 0 Å². The standard InChI is InChI=1S/C12H11BrN2O2S/c1-7(11-14-4-5-18-11)15-10-6-8(13)2-3-9(10)12(16)17/h2-7,15H,1H3,(H,16,17). The van der Waals surface area contributed by atoms with Gasteiger partial charge in [-0.25, -0.2) is 9.78 Å². The highest BCUT2D eigenvalue weighted by Gasteiger charge is 2.14. The Morgan fingerprint density at radius 3 is 2.94 bits per heavy atom. The van der Waals surface area contributed by atoms with Crippen LogP contribution in [0.2, 0.25) is 0 Å². The molecule has 0 saturated carbocycles. The number of hydrogen-bond acceptors (Lipinski definition) is 4. The van der Waals surface area contributed by atoms with Gasteiger partial charge in [-0.1, -0.05) is 15.9 Å². The zero-order chi connectivity index (χ0) is 13.1. The molecular weight excluding hydrogens is 316 g/mol. The van der Waals surface area contributed by atoms with Crippen molar-refractivity contribution in [2.75, 3.05) is 5.32 Å². The summed E-state index contributed by atoms with van der Waals surface area (Å²) in [6, 6.07) is 5.01. The lowest BCUT2D eigenvalue weighted by molar-refractivity contribution is 0.0698. The Morgan fingerprint density at radius 2 is 2.33 bits per heavy atom. The molecule has 0 radical (unpaired) electrons. The molecule has 1 aromatic heterocycles. The van der Waals surface area contributed by atoms with E-state index in [9.17, 15) is 4.79 Å². The van der Waals surface area contributed by atoms with E-state index in [2.05, 4.69) is 26.2 Å². The van der Waals surface area contributed by atoms with Gasteiger partial charge in [0, 0.05) is 16.0 Å². The summed E-state index contributed by atoms with van der Waals surface area (Å²) in [6.45, 7) is 1.95. The fourth-order valence-corrected chi connectivity index (χ4v) is 2.57. The second-order valence-electron chi connectivity index (χ2n) is 3.73. The first-order chi connectivity index (χ1) is 8.58. The molecule has 1 unspecified atom stereocenters. The summed E-state index contributed by atoms with van der Waals surface area (Å²) in [6.07, 6.45) is 1.73. The van der Waals surface area contributed by atoms with Crippen molar-refractivity contribution in [1.29, 1.82) is 0 Å². The number of halogens is 1.